The molecular formula is C10H10ClN7. The summed E-state index contributed by atoms with van der Waals surface area (Å²) in [6.07, 6.45) is 5.07. The summed E-state index contributed by atoms with van der Waals surface area (Å²) < 4.78 is 3.40. The molecule has 3 aromatic heterocycles. The molecular weight excluding hydrogens is 254 g/mol. The maximum atomic E-state index is 5.90. The van der Waals surface area contributed by atoms with Gasteiger partial charge in [0.25, 0.3) is 5.78 Å². The van der Waals surface area contributed by atoms with Crippen LogP contribution in [0.2, 0.25) is 5.15 Å². The lowest BCUT2D eigenvalue weighted by Crippen LogP contribution is -2.07. The second-order valence-electron chi connectivity index (χ2n) is 3.71. The van der Waals surface area contributed by atoms with E-state index in [2.05, 4.69) is 25.4 Å². The molecule has 92 valence electrons. The van der Waals surface area contributed by atoms with E-state index >= 15 is 0 Å². The molecule has 0 aromatic carbocycles. The van der Waals surface area contributed by atoms with Gasteiger partial charge in [0, 0.05) is 19.4 Å². The zero-order chi connectivity index (χ0) is 12.5. The summed E-state index contributed by atoms with van der Waals surface area (Å²) >= 11 is 5.90. The molecule has 0 aliphatic carbocycles. The first-order valence-corrected chi connectivity index (χ1v) is 5.69. The molecule has 8 heteroatoms. The van der Waals surface area contributed by atoms with Crippen molar-refractivity contribution in [3.05, 3.63) is 35.6 Å². The molecule has 0 atom stereocenters. The van der Waals surface area contributed by atoms with Crippen molar-refractivity contribution < 1.29 is 0 Å². The van der Waals surface area contributed by atoms with Gasteiger partial charge in [0.1, 0.15) is 11.0 Å². The predicted molar refractivity (Wildman–Crippen MR) is 66.3 cm³/mol. The molecule has 0 amide bonds. The fourth-order valence-corrected chi connectivity index (χ4v) is 1.70. The number of halogens is 1. The van der Waals surface area contributed by atoms with Crippen molar-refractivity contribution >= 4 is 23.3 Å². The van der Waals surface area contributed by atoms with E-state index in [0.29, 0.717) is 23.4 Å². The molecule has 1 N–H and O–H groups in total. The molecule has 0 saturated heterocycles. The molecule has 3 heterocycles. The van der Waals surface area contributed by atoms with Gasteiger partial charge in [-0.15, -0.1) is 5.10 Å². The molecule has 0 aliphatic rings. The van der Waals surface area contributed by atoms with Gasteiger partial charge in [-0.2, -0.15) is 4.98 Å². The van der Waals surface area contributed by atoms with Crippen LogP contribution in [-0.2, 0) is 13.6 Å². The molecule has 7 nitrogen and oxygen atoms in total. The van der Waals surface area contributed by atoms with Gasteiger partial charge in [-0.3, -0.25) is 0 Å². The van der Waals surface area contributed by atoms with Crippen molar-refractivity contribution in [3.8, 4) is 0 Å². The lowest BCUT2D eigenvalue weighted by atomic mass is 10.6. The zero-order valence-corrected chi connectivity index (χ0v) is 10.3. The minimum atomic E-state index is 0.500. The van der Waals surface area contributed by atoms with Crippen LogP contribution in [0.15, 0.2) is 24.7 Å². The lowest BCUT2D eigenvalue weighted by Gasteiger charge is -2.02. The maximum absolute atomic E-state index is 5.90. The van der Waals surface area contributed by atoms with Gasteiger partial charge < -0.3 is 9.88 Å². The van der Waals surface area contributed by atoms with Gasteiger partial charge in [0.2, 0.25) is 5.95 Å². The average molecular weight is 264 g/mol. The van der Waals surface area contributed by atoms with E-state index < -0.39 is 0 Å². The fraction of sp³-hybridized carbons (Fsp3) is 0.200. The average Bonchev–Trinajstić information content (AvgIpc) is 2.92. The van der Waals surface area contributed by atoms with Crippen molar-refractivity contribution in [3.63, 3.8) is 0 Å². The Hall–Kier alpha value is -2.15. The molecule has 0 saturated carbocycles. The van der Waals surface area contributed by atoms with Crippen molar-refractivity contribution in [2.45, 2.75) is 6.54 Å². The molecule has 3 rings (SSSR count). The monoisotopic (exact) mass is 263 g/mol. The summed E-state index contributed by atoms with van der Waals surface area (Å²) in [7, 11) is 1.85. The normalized spacial score (nSPS) is 11.0. The van der Waals surface area contributed by atoms with Crippen LogP contribution < -0.4 is 5.32 Å². The third-order valence-corrected chi connectivity index (χ3v) is 2.90. The Kier molecular flexibility index (Phi) is 2.60. The van der Waals surface area contributed by atoms with Gasteiger partial charge in [-0.25, -0.2) is 14.5 Å². The predicted octanol–water partition coefficient (Wildman–Crippen LogP) is 1.12. The molecule has 0 bridgehead atoms. The highest BCUT2D eigenvalue weighted by atomic mass is 35.5. The van der Waals surface area contributed by atoms with E-state index in [1.165, 1.54) is 0 Å². The quantitative estimate of drug-likeness (QED) is 0.767. The number of rotatable bonds is 3. The molecule has 18 heavy (non-hydrogen) atoms. The number of nitrogens with one attached hydrogen (secondary N) is 1. The van der Waals surface area contributed by atoms with Crippen molar-refractivity contribution in [1.82, 2.24) is 29.1 Å². The molecule has 0 spiro atoms. The minimum absolute atomic E-state index is 0.500. The molecule has 0 aliphatic heterocycles. The summed E-state index contributed by atoms with van der Waals surface area (Å²) in [6.45, 7) is 0.500. The summed E-state index contributed by atoms with van der Waals surface area (Å²) in [5.41, 5.74) is 0. The summed E-state index contributed by atoms with van der Waals surface area (Å²) in [5.74, 6) is 1.87. The van der Waals surface area contributed by atoms with Gasteiger partial charge in [0.15, 0.2) is 0 Å². The smallest absolute Gasteiger partial charge is 0.253 e. The van der Waals surface area contributed by atoms with Gasteiger partial charge in [-0.1, -0.05) is 11.6 Å². The Balaban J connectivity index is 1.79. The van der Waals surface area contributed by atoms with Crippen LogP contribution in [0.3, 0.4) is 0 Å². The number of nitrogens with zero attached hydrogens (tertiary/aromatic N) is 6. The zero-order valence-electron chi connectivity index (χ0n) is 9.58. The Labute approximate surface area is 107 Å². The second-order valence-corrected chi connectivity index (χ2v) is 4.10. The van der Waals surface area contributed by atoms with E-state index in [-0.39, 0.29) is 0 Å². The first-order chi connectivity index (χ1) is 8.74. The Bertz CT molecular complexity index is 653. The topological polar surface area (TPSA) is 72.9 Å². The van der Waals surface area contributed by atoms with E-state index in [1.54, 1.807) is 33.7 Å². The van der Waals surface area contributed by atoms with Gasteiger partial charge in [-0.05, 0) is 6.07 Å². The number of fused-ring (bicyclic) bond motifs is 1. The minimum Gasteiger partial charge on any atom is -0.346 e. The highest BCUT2D eigenvalue weighted by Gasteiger charge is 2.07. The SMILES string of the molecule is Cn1c(Cl)cnc1CNc1nc2ncccn2n1. The Morgan fingerprint density at radius 1 is 1.39 bits per heavy atom. The van der Waals surface area contributed by atoms with E-state index in [0.717, 1.165) is 5.82 Å². The second kappa shape index (κ2) is 4.26. The van der Waals surface area contributed by atoms with E-state index in [9.17, 15) is 0 Å². The van der Waals surface area contributed by atoms with Gasteiger partial charge in [0.05, 0.1) is 12.7 Å². The first-order valence-electron chi connectivity index (χ1n) is 5.31. The number of anilines is 1. The molecule has 0 fully saturated rings. The van der Waals surface area contributed by atoms with Crippen molar-refractivity contribution in [1.29, 1.82) is 0 Å². The van der Waals surface area contributed by atoms with Crippen LogP contribution in [0.1, 0.15) is 5.82 Å². The van der Waals surface area contributed by atoms with Crippen LogP contribution in [-0.4, -0.2) is 29.1 Å². The summed E-state index contributed by atoms with van der Waals surface area (Å²) in [6, 6.07) is 1.80. The van der Waals surface area contributed by atoms with E-state index in [4.69, 9.17) is 11.6 Å². The number of hydrogen-bond acceptors (Lipinski definition) is 5. The fourth-order valence-electron chi connectivity index (χ4n) is 1.55. The standard InChI is InChI=1S/C10H10ClN7/c1-17-7(11)5-13-8(17)6-14-9-15-10-12-3-2-4-18(10)16-9/h2-5H,6H2,1H3,(H,14,16). The molecule has 3 aromatic rings. The number of imidazole rings is 1. The van der Waals surface area contributed by atoms with Crippen LogP contribution >= 0.6 is 11.6 Å². The molecule has 0 radical (unpaired) electrons. The van der Waals surface area contributed by atoms with Gasteiger partial charge >= 0.3 is 0 Å². The molecule has 0 unspecified atom stereocenters. The number of aromatic nitrogens is 6. The summed E-state index contributed by atoms with van der Waals surface area (Å²) in [4.78, 5) is 12.5. The van der Waals surface area contributed by atoms with E-state index in [1.807, 2.05) is 7.05 Å². The lowest BCUT2D eigenvalue weighted by molar-refractivity contribution is 0.807. The highest BCUT2D eigenvalue weighted by Crippen LogP contribution is 2.10. The maximum Gasteiger partial charge on any atom is 0.253 e. The van der Waals surface area contributed by atoms with Crippen LogP contribution in [0, 0.1) is 0 Å². The van der Waals surface area contributed by atoms with Crippen LogP contribution in [0.4, 0.5) is 5.95 Å². The first kappa shape index (κ1) is 11.0. The third kappa shape index (κ3) is 1.88. The third-order valence-electron chi connectivity index (χ3n) is 2.55. The van der Waals surface area contributed by atoms with Crippen molar-refractivity contribution in [2.24, 2.45) is 7.05 Å². The van der Waals surface area contributed by atoms with Crippen LogP contribution in [0.25, 0.3) is 5.78 Å². The van der Waals surface area contributed by atoms with Crippen LogP contribution in [0.5, 0.6) is 0 Å². The largest absolute Gasteiger partial charge is 0.346 e. The Morgan fingerprint density at radius 2 is 2.28 bits per heavy atom. The number of hydrogen-bond donors (Lipinski definition) is 1. The Morgan fingerprint density at radius 3 is 3.00 bits per heavy atom. The highest BCUT2D eigenvalue weighted by molar-refractivity contribution is 6.29. The summed E-state index contributed by atoms with van der Waals surface area (Å²) in [5, 5.41) is 7.90. The van der Waals surface area contributed by atoms with Crippen molar-refractivity contribution in [2.75, 3.05) is 5.32 Å².